The molecule has 4 rings (SSSR count). The number of rotatable bonds is 7. The molecular weight excluding hydrogens is 418 g/mol. The van der Waals surface area contributed by atoms with Crippen molar-refractivity contribution in [2.45, 2.75) is 13.1 Å². The van der Waals surface area contributed by atoms with E-state index in [4.69, 9.17) is 13.9 Å². The Morgan fingerprint density at radius 2 is 1.79 bits per heavy atom. The van der Waals surface area contributed by atoms with Gasteiger partial charge < -0.3 is 24.1 Å². The molecule has 3 aromatic rings. The van der Waals surface area contributed by atoms with E-state index in [0.29, 0.717) is 12.4 Å². The van der Waals surface area contributed by atoms with Crippen LogP contribution in [0.2, 0.25) is 0 Å². The van der Waals surface area contributed by atoms with Gasteiger partial charge in [0.1, 0.15) is 6.26 Å². The molecule has 0 spiro atoms. The molecule has 0 aliphatic carbocycles. The highest BCUT2D eigenvalue weighted by Crippen LogP contribution is 2.28. The molecule has 1 saturated heterocycles. The molecule has 8 nitrogen and oxygen atoms in total. The average Bonchev–Trinajstić information content (AvgIpc) is 3.35. The van der Waals surface area contributed by atoms with Crippen LogP contribution in [-0.4, -0.2) is 68.2 Å². The standard InChI is InChI=1S/C25H31N5O3/c1-26-25(27-16-21-18-33-24(28-21)20-7-5-4-6-8-20)30-13-11-29(12-14-30)17-19-9-10-22(31-2)23(15-19)32-3/h4-10,15,18H,11-14,16-17H2,1-3H3,(H,26,27). The summed E-state index contributed by atoms with van der Waals surface area (Å²) in [6.07, 6.45) is 1.70. The number of ether oxygens (including phenoxy) is 2. The van der Waals surface area contributed by atoms with Gasteiger partial charge in [-0.25, -0.2) is 4.98 Å². The summed E-state index contributed by atoms with van der Waals surface area (Å²) < 4.78 is 16.4. The van der Waals surface area contributed by atoms with E-state index in [-0.39, 0.29) is 0 Å². The highest BCUT2D eigenvalue weighted by atomic mass is 16.5. The predicted octanol–water partition coefficient (Wildman–Crippen LogP) is 3.25. The van der Waals surface area contributed by atoms with Crippen LogP contribution in [0.4, 0.5) is 0 Å². The second-order valence-corrected chi connectivity index (χ2v) is 7.86. The van der Waals surface area contributed by atoms with Crippen molar-refractivity contribution in [3.8, 4) is 23.0 Å². The first kappa shape index (κ1) is 22.7. The molecule has 33 heavy (non-hydrogen) atoms. The van der Waals surface area contributed by atoms with Gasteiger partial charge >= 0.3 is 0 Å². The lowest BCUT2D eigenvalue weighted by molar-refractivity contribution is 0.172. The first-order chi connectivity index (χ1) is 16.2. The number of oxazole rings is 1. The normalized spacial score (nSPS) is 14.9. The second-order valence-electron chi connectivity index (χ2n) is 7.86. The van der Waals surface area contributed by atoms with Gasteiger partial charge in [0.25, 0.3) is 0 Å². The van der Waals surface area contributed by atoms with Gasteiger partial charge in [0.05, 0.1) is 26.5 Å². The molecule has 0 amide bonds. The minimum absolute atomic E-state index is 0.564. The molecule has 0 bridgehead atoms. The summed E-state index contributed by atoms with van der Waals surface area (Å²) in [5.74, 6) is 3.03. The van der Waals surface area contributed by atoms with E-state index in [0.717, 1.165) is 61.4 Å². The Bertz CT molecular complexity index is 1060. The third kappa shape index (κ3) is 5.64. The van der Waals surface area contributed by atoms with Crippen LogP contribution in [0.5, 0.6) is 11.5 Å². The fraction of sp³-hybridized carbons (Fsp3) is 0.360. The van der Waals surface area contributed by atoms with E-state index in [2.05, 4.69) is 31.2 Å². The Balaban J connectivity index is 1.28. The largest absolute Gasteiger partial charge is 0.493 e. The molecule has 0 saturated carbocycles. The molecule has 2 aromatic carbocycles. The van der Waals surface area contributed by atoms with Crippen LogP contribution < -0.4 is 14.8 Å². The van der Waals surface area contributed by atoms with Crippen molar-refractivity contribution in [2.75, 3.05) is 47.4 Å². The van der Waals surface area contributed by atoms with Gasteiger partial charge in [0, 0.05) is 45.3 Å². The number of nitrogens with zero attached hydrogens (tertiary/aromatic N) is 4. The van der Waals surface area contributed by atoms with Gasteiger partial charge in [-0.05, 0) is 29.8 Å². The Kier molecular flexibility index (Phi) is 7.47. The SMILES string of the molecule is CN=C(NCc1coc(-c2ccccc2)n1)N1CCN(Cc2ccc(OC)c(OC)c2)CC1. The summed E-state index contributed by atoms with van der Waals surface area (Å²) in [5, 5.41) is 3.42. The molecule has 1 aliphatic heterocycles. The van der Waals surface area contributed by atoms with Crippen LogP contribution in [0.15, 0.2) is 64.2 Å². The highest BCUT2D eigenvalue weighted by molar-refractivity contribution is 5.80. The summed E-state index contributed by atoms with van der Waals surface area (Å²) in [7, 11) is 5.14. The number of hydrogen-bond acceptors (Lipinski definition) is 6. The minimum atomic E-state index is 0.564. The van der Waals surface area contributed by atoms with E-state index in [1.165, 1.54) is 5.56 Å². The lowest BCUT2D eigenvalue weighted by atomic mass is 10.1. The zero-order valence-corrected chi connectivity index (χ0v) is 19.5. The van der Waals surface area contributed by atoms with Gasteiger partial charge in [-0.1, -0.05) is 24.3 Å². The smallest absolute Gasteiger partial charge is 0.226 e. The van der Waals surface area contributed by atoms with E-state index in [1.54, 1.807) is 20.5 Å². The Morgan fingerprint density at radius 3 is 2.48 bits per heavy atom. The number of piperazine rings is 1. The Morgan fingerprint density at radius 1 is 1.03 bits per heavy atom. The number of methoxy groups -OCH3 is 2. The quantitative estimate of drug-likeness (QED) is 0.438. The molecule has 1 aliphatic rings. The lowest BCUT2D eigenvalue weighted by Gasteiger charge is -2.36. The molecule has 8 heteroatoms. The van der Waals surface area contributed by atoms with Gasteiger partial charge in [0.15, 0.2) is 17.5 Å². The maximum Gasteiger partial charge on any atom is 0.226 e. The summed E-state index contributed by atoms with van der Waals surface area (Å²) in [6.45, 7) is 5.16. The van der Waals surface area contributed by atoms with E-state index in [9.17, 15) is 0 Å². The summed E-state index contributed by atoms with van der Waals surface area (Å²) in [4.78, 5) is 13.8. The van der Waals surface area contributed by atoms with Crippen molar-refractivity contribution in [2.24, 2.45) is 4.99 Å². The molecule has 1 aromatic heterocycles. The average molecular weight is 450 g/mol. The molecule has 2 heterocycles. The Hall–Kier alpha value is -3.52. The Labute approximate surface area is 194 Å². The number of aromatic nitrogens is 1. The zero-order valence-electron chi connectivity index (χ0n) is 19.5. The van der Waals surface area contributed by atoms with Crippen molar-refractivity contribution < 1.29 is 13.9 Å². The zero-order chi connectivity index (χ0) is 23.0. The van der Waals surface area contributed by atoms with Crippen LogP contribution in [0.1, 0.15) is 11.3 Å². The summed E-state index contributed by atoms with van der Waals surface area (Å²) in [6, 6.07) is 16.0. The highest BCUT2D eigenvalue weighted by Gasteiger charge is 2.20. The van der Waals surface area contributed by atoms with Gasteiger partial charge in [-0.3, -0.25) is 9.89 Å². The number of hydrogen-bond donors (Lipinski definition) is 1. The minimum Gasteiger partial charge on any atom is -0.493 e. The number of benzene rings is 2. The molecule has 0 radical (unpaired) electrons. The fourth-order valence-electron chi connectivity index (χ4n) is 3.96. The van der Waals surface area contributed by atoms with Gasteiger partial charge in [0.2, 0.25) is 5.89 Å². The monoisotopic (exact) mass is 449 g/mol. The maximum absolute atomic E-state index is 5.64. The maximum atomic E-state index is 5.64. The molecule has 1 fully saturated rings. The molecule has 0 unspecified atom stereocenters. The van der Waals surface area contributed by atoms with Crippen molar-refractivity contribution in [1.82, 2.24) is 20.1 Å². The third-order valence-electron chi connectivity index (χ3n) is 5.74. The van der Waals surface area contributed by atoms with E-state index in [1.807, 2.05) is 49.5 Å². The van der Waals surface area contributed by atoms with Crippen LogP contribution in [0.3, 0.4) is 0 Å². The first-order valence-electron chi connectivity index (χ1n) is 11.1. The molecule has 1 N–H and O–H groups in total. The van der Waals surface area contributed by atoms with Gasteiger partial charge in [-0.15, -0.1) is 0 Å². The van der Waals surface area contributed by atoms with E-state index >= 15 is 0 Å². The second kappa shape index (κ2) is 10.9. The third-order valence-corrected chi connectivity index (χ3v) is 5.74. The van der Waals surface area contributed by atoms with Gasteiger partial charge in [-0.2, -0.15) is 0 Å². The predicted molar refractivity (Wildman–Crippen MR) is 129 cm³/mol. The van der Waals surface area contributed by atoms with Crippen LogP contribution in [-0.2, 0) is 13.1 Å². The fourth-order valence-corrected chi connectivity index (χ4v) is 3.96. The molecule has 0 atom stereocenters. The summed E-state index contributed by atoms with van der Waals surface area (Å²) >= 11 is 0. The van der Waals surface area contributed by atoms with Crippen LogP contribution >= 0.6 is 0 Å². The number of aliphatic imine (C=N–C) groups is 1. The number of nitrogens with one attached hydrogen (secondary N) is 1. The van der Waals surface area contributed by atoms with Crippen molar-refractivity contribution in [3.63, 3.8) is 0 Å². The molecular formula is C25H31N5O3. The van der Waals surface area contributed by atoms with Crippen molar-refractivity contribution in [3.05, 3.63) is 66.1 Å². The van der Waals surface area contributed by atoms with Crippen molar-refractivity contribution in [1.29, 1.82) is 0 Å². The van der Waals surface area contributed by atoms with Crippen LogP contribution in [0.25, 0.3) is 11.5 Å². The van der Waals surface area contributed by atoms with E-state index < -0.39 is 0 Å². The van der Waals surface area contributed by atoms with Crippen molar-refractivity contribution >= 4 is 5.96 Å². The van der Waals surface area contributed by atoms with Crippen LogP contribution in [0, 0.1) is 0 Å². The first-order valence-corrected chi connectivity index (χ1v) is 11.1. The number of guanidine groups is 1. The molecule has 174 valence electrons. The lowest BCUT2D eigenvalue weighted by Crippen LogP contribution is -2.52. The summed E-state index contributed by atoms with van der Waals surface area (Å²) in [5.41, 5.74) is 3.03. The topological polar surface area (TPSA) is 75.4 Å².